The molecule has 1 fully saturated rings. The number of halogens is 3. The monoisotopic (exact) mass is 296 g/mol. The van der Waals surface area contributed by atoms with E-state index in [9.17, 15) is 13.2 Å². The lowest BCUT2D eigenvalue weighted by Crippen LogP contribution is -2.49. The molecule has 0 radical (unpaired) electrons. The highest BCUT2D eigenvalue weighted by molar-refractivity contribution is 5.50. The zero-order valence-corrected chi connectivity index (χ0v) is 11.5. The summed E-state index contributed by atoms with van der Waals surface area (Å²) >= 11 is 0. The summed E-state index contributed by atoms with van der Waals surface area (Å²) < 4.78 is 40.6. The molecular weight excluding hydrogens is 281 g/mol. The van der Waals surface area contributed by atoms with Crippen molar-refractivity contribution in [2.75, 3.05) is 18.0 Å². The van der Waals surface area contributed by atoms with E-state index in [1.807, 2.05) is 17.8 Å². The minimum Gasteiger partial charge on any atom is -0.355 e. The van der Waals surface area contributed by atoms with Crippen LogP contribution in [0.4, 0.5) is 19.0 Å². The van der Waals surface area contributed by atoms with Gasteiger partial charge < -0.3 is 4.90 Å². The second-order valence-electron chi connectivity index (χ2n) is 5.38. The molecule has 0 aromatic carbocycles. The molecule has 0 aliphatic carbocycles. The molecule has 0 N–H and O–H groups in total. The highest BCUT2D eigenvalue weighted by Crippen LogP contribution is 2.37. The zero-order valence-electron chi connectivity index (χ0n) is 11.5. The summed E-state index contributed by atoms with van der Waals surface area (Å²) in [6, 6.07) is 2.39. The molecule has 112 valence electrons. The van der Waals surface area contributed by atoms with Crippen LogP contribution in [0.2, 0.25) is 0 Å². The summed E-state index contributed by atoms with van der Waals surface area (Å²) in [6.45, 7) is 3.82. The van der Waals surface area contributed by atoms with Crippen molar-refractivity contribution < 1.29 is 13.2 Å². The van der Waals surface area contributed by atoms with E-state index in [2.05, 4.69) is 10.1 Å². The fourth-order valence-electron chi connectivity index (χ4n) is 2.56. The van der Waals surface area contributed by atoms with E-state index < -0.39 is 11.7 Å². The van der Waals surface area contributed by atoms with Gasteiger partial charge in [-0.05, 0) is 24.6 Å². The van der Waals surface area contributed by atoms with Crippen molar-refractivity contribution in [1.82, 2.24) is 14.8 Å². The van der Waals surface area contributed by atoms with Crippen LogP contribution in [-0.4, -0.2) is 27.9 Å². The van der Waals surface area contributed by atoms with Crippen molar-refractivity contribution in [2.45, 2.75) is 19.6 Å². The predicted molar refractivity (Wildman–Crippen MR) is 71.9 cm³/mol. The molecule has 1 aliphatic heterocycles. The van der Waals surface area contributed by atoms with E-state index in [-0.39, 0.29) is 5.82 Å². The van der Waals surface area contributed by atoms with E-state index >= 15 is 0 Å². The van der Waals surface area contributed by atoms with Crippen LogP contribution in [0, 0.1) is 12.8 Å². The van der Waals surface area contributed by atoms with E-state index in [4.69, 9.17) is 0 Å². The zero-order chi connectivity index (χ0) is 15.0. The van der Waals surface area contributed by atoms with Crippen molar-refractivity contribution in [3.8, 4) is 0 Å². The number of hydrogen-bond donors (Lipinski definition) is 0. The van der Waals surface area contributed by atoms with Crippen molar-refractivity contribution in [1.29, 1.82) is 0 Å². The summed E-state index contributed by atoms with van der Waals surface area (Å²) in [7, 11) is 0. The maximum absolute atomic E-state index is 12.9. The van der Waals surface area contributed by atoms with Gasteiger partial charge in [-0.25, -0.2) is 4.98 Å². The van der Waals surface area contributed by atoms with E-state index in [1.165, 1.54) is 12.3 Å². The molecule has 0 spiro atoms. The average molecular weight is 296 g/mol. The minimum atomic E-state index is -4.37. The Hall–Kier alpha value is -2.05. The molecule has 3 rings (SSSR count). The maximum atomic E-state index is 12.9. The fourth-order valence-corrected chi connectivity index (χ4v) is 2.56. The first-order valence-corrected chi connectivity index (χ1v) is 6.69. The van der Waals surface area contributed by atoms with Gasteiger partial charge in [0, 0.05) is 37.9 Å². The maximum Gasteiger partial charge on any atom is 0.419 e. The Bertz CT molecular complexity index is 629. The number of rotatable bonds is 3. The molecule has 0 saturated carbocycles. The molecule has 0 unspecified atom stereocenters. The van der Waals surface area contributed by atoms with Crippen LogP contribution in [0.25, 0.3) is 0 Å². The molecule has 1 saturated heterocycles. The first-order chi connectivity index (χ1) is 9.93. The van der Waals surface area contributed by atoms with Gasteiger partial charge in [-0.15, -0.1) is 0 Å². The molecule has 0 bridgehead atoms. The molecular formula is C14H15F3N4. The molecule has 21 heavy (non-hydrogen) atoms. The van der Waals surface area contributed by atoms with Gasteiger partial charge >= 0.3 is 6.18 Å². The first kappa shape index (κ1) is 13.9. The predicted octanol–water partition coefficient (Wildman–Crippen LogP) is 2.74. The molecule has 2 aromatic heterocycles. The molecule has 2 aromatic rings. The van der Waals surface area contributed by atoms with Crippen LogP contribution >= 0.6 is 0 Å². The Morgan fingerprint density at radius 1 is 1.33 bits per heavy atom. The summed E-state index contributed by atoms with van der Waals surface area (Å²) in [6.07, 6.45) is 0.740. The van der Waals surface area contributed by atoms with Crippen LogP contribution in [0.5, 0.6) is 0 Å². The van der Waals surface area contributed by atoms with Gasteiger partial charge in [-0.3, -0.25) is 4.68 Å². The molecule has 0 amide bonds. The normalized spacial score (nSPS) is 16.1. The number of aromatic nitrogens is 3. The van der Waals surface area contributed by atoms with E-state index in [1.54, 1.807) is 11.1 Å². The van der Waals surface area contributed by atoms with E-state index in [0.29, 0.717) is 19.0 Å². The molecule has 4 nitrogen and oxygen atoms in total. The number of anilines is 1. The number of hydrogen-bond acceptors (Lipinski definition) is 3. The molecule has 3 heterocycles. The lowest BCUT2D eigenvalue weighted by Gasteiger charge is -2.41. The second-order valence-corrected chi connectivity index (χ2v) is 5.38. The Kier molecular flexibility index (Phi) is 3.35. The Balaban J connectivity index is 1.66. The summed E-state index contributed by atoms with van der Waals surface area (Å²) in [5, 5.41) is 4.19. The van der Waals surface area contributed by atoms with Gasteiger partial charge in [0.15, 0.2) is 0 Å². The van der Waals surface area contributed by atoms with Crippen molar-refractivity contribution in [2.24, 2.45) is 5.92 Å². The molecule has 7 heteroatoms. The van der Waals surface area contributed by atoms with Crippen LogP contribution < -0.4 is 4.90 Å². The quantitative estimate of drug-likeness (QED) is 0.873. The lowest BCUT2D eigenvalue weighted by atomic mass is 9.99. The van der Waals surface area contributed by atoms with Crippen LogP contribution in [0.1, 0.15) is 11.1 Å². The van der Waals surface area contributed by atoms with Gasteiger partial charge in [-0.1, -0.05) is 0 Å². The largest absolute Gasteiger partial charge is 0.419 e. The third-order valence-electron chi connectivity index (χ3n) is 3.56. The Morgan fingerprint density at radius 3 is 2.71 bits per heavy atom. The van der Waals surface area contributed by atoms with Gasteiger partial charge in [0.25, 0.3) is 0 Å². The van der Waals surface area contributed by atoms with Crippen LogP contribution in [-0.2, 0) is 12.7 Å². The van der Waals surface area contributed by atoms with Crippen LogP contribution in [0.3, 0.4) is 0 Å². The van der Waals surface area contributed by atoms with Crippen molar-refractivity contribution in [3.05, 3.63) is 41.9 Å². The number of pyridine rings is 1. The van der Waals surface area contributed by atoms with Crippen molar-refractivity contribution >= 4 is 5.82 Å². The highest BCUT2D eigenvalue weighted by Gasteiger charge is 2.38. The topological polar surface area (TPSA) is 34.0 Å². The third-order valence-corrected chi connectivity index (χ3v) is 3.56. The van der Waals surface area contributed by atoms with Gasteiger partial charge in [-0.2, -0.15) is 18.3 Å². The smallest absolute Gasteiger partial charge is 0.355 e. The Morgan fingerprint density at radius 2 is 2.10 bits per heavy atom. The third kappa shape index (κ3) is 2.86. The SMILES string of the molecule is Cc1cnn(CC2CN(c3ncccc3C(F)(F)F)C2)c1. The minimum absolute atomic E-state index is 0.0258. The first-order valence-electron chi connectivity index (χ1n) is 6.69. The fraction of sp³-hybridized carbons (Fsp3) is 0.429. The lowest BCUT2D eigenvalue weighted by molar-refractivity contribution is -0.137. The standard InChI is InChI=1S/C14H15F3N4/c1-10-5-19-21(6-10)9-11-7-20(8-11)13-12(14(15,16)17)3-2-4-18-13/h2-6,11H,7-9H2,1H3. The van der Waals surface area contributed by atoms with Crippen molar-refractivity contribution in [3.63, 3.8) is 0 Å². The van der Waals surface area contributed by atoms with Gasteiger partial charge in [0.05, 0.1) is 11.8 Å². The Labute approximate surface area is 120 Å². The average Bonchev–Trinajstić information content (AvgIpc) is 2.78. The molecule has 0 atom stereocenters. The highest BCUT2D eigenvalue weighted by atomic mass is 19.4. The van der Waals surface area contributed by atoms with Crippen LogP contribution in [0.15, 0.2) is 30.7 Å². The molecule has 1 aliphatic rings. The second kappa shape index (κ2) is 5.05. The number of nitrogens with zero attached hydrogens (tertiary/aromatic N) is 4. The summed E-state index contributed by atoms with van der Waals surface area (Å²) in [5.74, 6) is 0.324. The van der Waals surface area contributed by atoms with Gasteiger partial charge in [0.1, 0.15) is 5.82 Å². The van der Waals surface area contributed by atoms with Gasteiger partial charge in [0.2, 0.25) is 0 Å². The summed E-state index contributed by atoms with van der Waals surface area (Å²) in [5.41, 5.74) is 0.411. The number of aryl methyl sites for hydroxylation is 1. The summed E-state index contributed by atoms with van der Waals surface area (Å²) in [4.78, 5) is 5.57. The van der Waals surface area contributed by atoms with E-state index in [0.717, 1.165) is 18.2 Å². The number of alkyl halides is 3.